The van der Waals surface area contributed by atoms with Crippen molar-refractivity contribution in [2.45, 2.75) is 31.8 Å². The molecule has 1 unspecified atom stereocenters. The van der Waals surface area contributed by atoms with Crippen molar-refractivity contribution < 1.29 is 19.1 Å². The van der Waals surface area contributed by atoms with Crippen LogP contribution in [-0.4, -0.2) is 26.8 Å². The number of phenols is 1. The third-order valence-corrected chi connectivity index (χ3v) is 6.03. The van der Waals surface area contributed by atoms with E-state index < -0.39 is 29.7 Å². The van der Waals surface area contributed by atoms with Crippen LogP contribution in [0.3, 0.4) is 0 Å². The van der Waals surface area contributed by atoms with Gasteiger partial charge in [-0.05, 0) is 60.7 Å². The van der Waals surface area contributed by atoms with Crippen molar-refractivity contribution in [3.63, 3.8) is 0 Å². The maximum Gasteiger partial charge on any atom is 0.259 e. The van der Waals surface area contributed by atoms with Gasteiger partial charge in [0.05, 0.1) is 11.6 Å². The number of aromatic nitrogens is 1. The van der Waals surface area contributed by atoms with Crippen molar-refractivity contribution in [2.75, 3.05) is 0 Å². The number of aromatic hydroxyl groups is 1. The lowest BCUT2D eigenvalue weighted by Crippen LogP contribution is -2.43. The van der Waals surface area contributed by atoms with Gasteiger partial charge in [0.15, 0.2) is 0 Å². The second kappa shape index (κ2) is 8.59. The lowest BCUT2D eigenvalue weighted by atomic mass is 9.98. The van der Waals surface area contributed by atoms with Gasteiger partial charge in [0.2, 0.25) is 5.91 Å². The maximum atomic E-state index is 14.6. The second-order valence-corrected chi connectivity index (χ2v) is 8.22. The number of nitrogens with zero attached hydrogens (tertiary/aromatic N) is 2. The Morgan fingerprint density at radius 2 is 2.06 bits per heavy atom. The van der Waals surface area contributed by atoms with E-state index in [0.717, 1.165) is 0 Å². The summed E-state index contributed by atoms with van der Waals surface area (Å²) < 4.78 is 14.6. The molecule has 1 aliphatic carbocycles. The standard InChI is InChI=1S/C24H21ClFN3O3/c1-13-4-2-6-17(22(13)30)24(32)29(21(23(27)31)14-5-3-9-28-12-14)20-8-7-16-18(20)10-15(25)11-19(16)26/h2-6,9-12,20-21,30H,7-8H2,1H3,(H2,27,31)/t20-,21?/m1/s1. The SMILES string of the molecule is Cc1cccc(C(=O)N(C(C(N)=O)c2cccnc2)[C@@H]2CCc3c(F)cc(Cl)cc32)c1O. The molecule has 2 aromatic carbocycles. The number of pyridine rings is 1. The smallest absolute Gasteiger partial charge is 0.259 e. The predicted molar refractivity (Wildman–Crippen MR) is 118 cm³/mol. The molecular weight excluding hydrogens is 433 g/mol. The minimum absolute atomic E-state index is 0.0242. The predicted octanol–water partition coefficient (Wildman–Crippen LogP) is 4.24. The topological polar surface area (TPSA) is 96.5 Å². The van der Waals surface area contributed by atoms with Crippen LogP contribution in [0.4, 0.5) is 4.39 Å². The van der Waals surface area contributed by atoms with E-state index >= 15 is 0 Å². The molecule has 0 radical (unpaired) electrons. The molecule has 1 heterocycles. The van der Waals surface area contributed by atoms with E-state index in [9.17, 15) is 19.1 Å². The van der Waals surface area contributed by atoms with Gasteiger partial charge in [0.1, 0.15) is 17.6 Å². The zero-order chi connectivity index (χ0) is 23.0. The average Bonchev–Trinajstić information content (AvgIpc) is 3.17. The van der Waals surface area contributed by atoms with Crippen molar-refractivity contribution >= 4 is 23.4 Å². The van der Waals surface area contributed by atoms with Crippen LogP contribution in [0.15, 0.2) is 54.9 Å². The number of halogens is 2. The molecule has 0 saturated carbocycles. The number of phenolic OH excluding ortho intramolecular Hbond substituents is 1. The molecule has 0 spiro atoms. The van der Waals surface area contributed by atoms with Crippen LogP contribution < -0.4 is 5.73 Å². The van der Waals surface area contributed by atoms with E-state index in [1.807, 2.05) is 0 Å². The van der Waals surface area contributed by atoms with Gasteiger partial charge in [-0.1, -0.05) is 29.8 Å². The largest absolute Gasteiger partial charge is 0.507 e. The van der Waals surface area contributed by atoms with E-state index in [-0.39, 0.29) is 16.3 Å². The first-order chi connectivity index (χ1) is 15.3. The van der Waals surface area contributed by atoms with E-state index in [4.69, 9.17) is 17.3 Å². The number of primary amides is 1. The molecule has 164 valence electrons. The molecular formula is C24H21ClFN3O3. The Labute approximate surface area is 189 Å². The van der Waals surface area contributed by atoms with Crippen molar-refractivity contribution in [3.05, 3.63) is 93.5 Å². The normalized spacial score (nSPS) is 15.8. The molecule has 0 saturated heterocycles. The Morgan fingerprint density at radius 1 is 1.28 bits per heavy atom. The zero-order valence-electron chi connectivity index (χ0n) is 17.3. The Bertz CT molecular complexity index is 1200. The van der Waals surface area contributed by atoms with E-state index in [2.05, 4.69) is 4.98 Å². The Kier molecular flexibility index (Phi) is 5.84. The number of hydrogen-bond donors (Lipinski definition) is 2. The molecule has 0 aliphatic heterocycles. The summed E-state index contributed by atoms with van der Waals surface area (Å²) in [5.41, 5.74) is 7.69. The first-order valence-electron chi connectivity index (χ1n) is 10.1. The van der Waals surface area contributed by atoms with Crippen molar-refractivity contribution in [2.24, 2.45) is 5.73 Å². The summed E-state index contributed by atoms with van der Waals surface area (Å²) in [7, 11) is 0. The molecule has 2 atom stereocenters. The highest BCUT2D eigenvalue weighted by Gasteiger charge is 2.41. The molecule has 0 fully saturated rings. The Morgan fingerprint density at radius 3 is 2.75 bits per heavy atom. The molecule has 3 aromatic rings. The number of amides is 2. The van der Waals surface area contributed by atoms with Crippen LogP contribution in [0.25, 0.3) is 0 Å². The summed E-state index contributed by atoms with van der Waals surface area (Å²) in [5.74, 6) is -2.02. The lowest BCUT2D eigenvalue weighted by molar-refractivity contribution is -0.123. The van der Waals surface area contributed by atoms with Gasteiger partial charge in [0.25, 0.3) is 5.91 Å². The fourth-order valence-corrected chi connectivity index (χ4v) is 4.53. The van der Waals surface area contributed by atoms with Crippen LogP contribution in [0.1, 0.15) is 51.1 Å². The number of fused-ring (bicyclic) bond motifs is 1. The van der Waals surface area contributed by atoms with Crippen LogP contribution >= 0.6 is 11.6 Å². The summed E-state index contributed by atoms with van der Waals surface area (Å²) >= 11 is 6.12. The number of benzene rings is 2. The molecule has 1 aromatic heterocycles. The van der Waals surface area contributed by atoms with Gasteiger partial charge in [-0.3, -0.25) is 14.6 Å². The fraction of sp³-hybridized carbons (Fsp3) is 0.208. The van der Waals surface area contributed by atoms with Gasteiger partial charge in [-0.15, -0.1) is 0 Å². The third kappa shape index (κ3) is 3.80. The van der Waals surface area contributed by atoms with E-state index in [1.165, 1.54) is 23.2 Å². The zero-order valence-corrected chi connectivity index (χ0v) is 18.0. The molecule has 4 rings (SSSR count). The summed E-state index contributed by atoms with van der Waals surface area (Å²) in [6, 6.07) is 9.05. The van der Waals surface area contributed by atoms with Crippen molar-refractivity contribution in [1.82, 2.24) is 9.88 Å². The second-order valence-electron chi connectivity index (χ2n) is 7.78. The first-order valence-corrected chi connectivity index (χ1v) is 10.5. The minimum Gasteiger partial charge on any atom is -0.507 e. The Hall–Kier alpha value is -3.45. The molecule has 3 N–H and O–H groups in total. The highest BCUT2D eigenvalue weighted by molar-refractivity contribution is 6.30. The van der Waals surface area contributed by atoms with Gasteiger partial charge in [0, 0.05) is 23.0 Å². The van der Waals surface area contributed by atoms with Crippen LogP contribution in [0.5, 0.6) is 5.75 Å². The number of carbonyl (C=O) groups is 2. The molecule has 2 amide bonds. The first kappa shape index (κ1) is 21.8. The number of para-hydroxylation sites is 1. The highest BCUT2D eigenvalue weighted by Crippen LogP contribution is 2.43. The number of rotatable bonds is 5. The highest BCUT2D eigenvalue weighted by atomic mass is 35.5. The van der Waals surface area contributed by atoms with E-state index in [0.29, 0.717) is 35.1 Å². The van der Waals surface area contributed by atoms with Crippen molar-refractivity contribution in [3.8, 4) is 5.75 Å². The van der Waals surface area contributed by atoms with Gasteiger partial charge in [-0.2, -0.15) is 0 Å². The summed E-state index contributed by atoms with van der Waals surface area (Å²) in [6.07, 6.45) is 3.74. The summed E-state index contributed by atoms with van der Waals surface area (Å²) in [4.78, 5) is 31.9. The molecule has 32 heavy (non-hydrogen) atoms. The number of carbonyl (C=O) groups excluding carboxylic acids is 2. The van der Waals surface area contributed by atoms with Gasteiger partial charge in [-0.25, -0.2) is 4.39 Å². The molecule has 1 aliphatic rings. The van der Waals surface area contributed by atoms with Crippen LogP contribution in [0.2, 0.25) is 5.02 Å². The number of aryl methyl sites for hydroxylation is 1. The summed E-state index contributed by atoms with van der Waals surface area (Å²) in [6.45, 7) is 1.67. The fourth-order valence-electron chi connectivity index (χ4n) is 4.32. The molecule has 0 bridgehead atoms. The number of nitrogens with two attached hydrogens (primary N) is 1. The Balaban J connectivity index is 1.91. The third-order valence-electron chi connectivity index (χ3n) is 5.81. The minimum atomic E-state index is -1.19. The lowest BCUT2D eigenvalue weighted by Gasteiger charge is -2.36. The van der Waals surface area contributed by atoms with Crippen molar-refractivity contribution in [1.29, 1.82) is 0 Å². The van der Waals surface area contributed by atoms with E-state index in [1.54, 1.807) is 43.5 Å². The van der Waals surface area contributed by atoms with Crippen LogP contribution in [-0.2, 0) is 11.2 Å². The summed E-state index contributed by atoms with van der Waals surface area (Å²) in [5, 5.41) is 10.8. The molecule has 6 nitrogen and oxygen atoms in total. The molecule has 8 heteroatoms. The monoisotopic (exact) mass is 453 g/mol. The maximum absolute atomic E-state index is 14.6. The average molecular weight is 454 g/mol. The number of hydrogen-bond acceptors (Lipinski definition) is 4. The quantitative estimate of drug-likeness (QED) is 0.603. The van der Waals surface area contributed by atoms with Gasteiger partial charge < -0.3 is 15.7 Å². The van der Waals surface area contributed by atoms with Crippen LogP contribution in [0, 0.1) is 12.7 Å². The van der Waals surface area contributed by atoms with Gasteiger partial charge >= 0.3 is 0 Å².